The van der Waals surface area contributed by atoms with Crippen molar-refractivity contribution in [1.29, 1.82) is 0 Å². The van der Waals surface area contributed by atoms with Gasteiger partial charge in [0.25, 0.3) is 5.69 Å². The molecule has 2 N–H and O–H groups in total. The smallest absolute Gasteiger partial charge is 0.271 e. The average Bonchev–Trinajstić information content (AvgIpc) is 2.73. The lowest BCUT2D eigenvalue weighted by atomic mass is 10.1. The highest BCUT2D eigenvalue weighted by atomic mass is 16.6. The SMILES string of the molecule is COc1ccc([N+](=O)[O-])cc1NC(=O)CNc1ccccc1N1CCCCC1. The van der Waals surface area contributed by atoms with Crippen LogP contribution in [-0.2, 0) is 4.79 Å². The minimum Gasteiger partial charge on any atom is -0.495 e. The third-order valence-corrected chi connectivity index (χ3v) is 4.71. The average molecular weight is 384 g/mol. The minimum absolute atomic E-state index is 0.0384. The fraction of sp³-hybridized carbons (Fsp3) is 0.350. The maximum atomic E-state index is 12.4. The Hall–Kier alpha value is -3.29. The largest absolute Gasteiger partial charge is 0.495 e. The van der Waals surface area contributed by atoms with Gasteiger partial charge in [-0.1, -0.05) is 12.1 Å². The van der Waals surface area contributed by atoms with Crippen molar-refractivity contribution in [3.8, 4) is 5.75 Å². The van der Waals surface area contributed by atoms with Gasteiger partial charge < -0.3 is 20.3 Å². The molecule has 148 valence electrons. The van der Waals surface area contributed by atoms with Crippen molar-refractivity contribution in [2.75, 3.05) is 42.3 Å². The number of nitro benzene ring substituents is 1. The zero-order valence-electron chi connectivity index (χ0n) is 15.8. The molecule has 0 atom stereocenters. The van der Waals surface area contributed by atoms with Crippen molar-refractivity contribution in [2.24, 2.45) is 0 Å². The van der Waals surface area contributed by atoms with Gasteiger partial charge >= 0.3 is 0 Å². The molecule has 28 heavy (non-hydrogen) atoms. The summed E-state index contributed by atoms with van der Waals surface area (Å²) in [5.41, 5.74) is 2.14. The number of nitrogens with zero attached hydrogens (tertiary/aromatic N) is 2. The molecule has 1 saturated heterocycles. The molecule has 2 aromatic rings. The number of para-hydroxylation sites is 2. The number of nitro groups is 1. The molecule has 3 rings (SSSR count). The van der Waals surface area contributed by atoms with E-state index in [1.54, 1.807) is 0 Å². The van der Waals surface area contributed by atoms with Crippen molar-refractivity contribution in [1.82, 2.24) is 0 Å². The van der Waals surface area contributed by atoms with E-state index in [1.165, 1.54) is 44.6 Å². The van der Waals surface area contributed by atoms with Crippen LogP contribution < -0.4 is 20.3 Å². The molecule has 1 aliphatic heterocycles. The van der Waals surface area contributed by atoms with Crippen LogP contribution in [0, 0.1) is 10.1 Å². The second-order valence-electron chi connectivity index (χ2n) is 6.61. The first kappa shape index (κ1) is 19.5. The van der Waals surface area contributed by atoms with Crippen LogP contribution in [0.4, 0.5) is 22.7 Å². The van der Waals surface area contributed by atoms with Gasteiger partial charge in [-0.3, -0.25) is 14.9 Å². The fourth-order valence-corrected chi connectivity index (χ4v) is 3.31. The van der Waals surface area contributed by atoms with Crippen LogP contribution in [0.5, 0.6) is 5.75 Å². The lowest BCUT2D eigenvalue weighted by molar-refractivity contribution is -0.384. The molecule has 1 heterocycles. The summed E-state index contributed by atoms with van der Waals surface area (Å²) in [5, 5.41) is 16.8. The number of amides is 1. The van der Waals surface area contributed by atoms with E-state index >= 15 is 0 Å². The molecule has 8 heteroatoms. The molecule has 0 aromatic heterocycles. The maximum absolute atomic E-state index is 12.4. The van der Waals surface area contributed by atoms with Crippen LogP contribution in [0.15, 0.2) is 42.5 Å². The molecule has 0 bridgehead atoms. The molecule has 0 spiro atoms. The molecule has 0 radical (unpaired) electrons. The highest BCUT2D eigenvalue weighted by Crippen LogP contribution is 2.30. The van der Waals surface area contributed by atoms with E-state index in [2.05, 4.69) is 21.6 Å². The zero-order chi connectivity index (χ0) is 19.9. The van der Waals surface area contributed by atoms with E-state index in [0.717, 1.165) is 24.5 Å². The Morgan fingerprint density at radius 1 is 1.14 bits per heavy atom. The van der Waals surface area contributed by atoms with Gasteiger partial charge in [-0.05, 0) is 37.5 Å². The van der Waals surface area contributed by atoms with Gasteiger partial charge in [0, 0.05) is 25.2 Å². The summed E-state index contributed by atoms with van der Waals surface area (Å²) in [6.45, 7) is 2.06. The predicted molar refractivity (Wildman–Crippen MR) is 109 cm³/mol. The number of hydrogen-bond donors (Lipinski definition) is 2. The van der Waals surface area contributed by atoms with Crippen molar-refractivity contribution < 1.29 is 14.5 Å². The number of nitrogens with one attached hydrogen (secondary N) is 2. The number of carbonyl (C=O) groups excluding carboxylic acids is 1. The first-order chi connectivity index (χ1) is 13.6. The Morgan fingerprint density at radius 3 is 2.61 bits per heavy atom. The van der Waals surface area contributed by atoms with Crippen LogP contribution in [0.1, 0.15) is 19.3 Å². The van der Waals surface area contributed by atoms with Crippen LogP contribution in [0.3, 0.4) is 0 Å². The number of rotatable bonds is 7. The number of non-ortho nitro benzene ring substituents is 1. The molecule has 1 fully saturated rings. The van der Waals surface area contributed by atoms with E-state index in [9.17, 15) is 14.9 Å². The fourth-order valence-electron chi connectivity index (χ4n) is 3.31. The topological polar surface area (TPSA) is 96.7 Å². The maximum Gasteiger partial charge on any atom is 0.271 e. The summed E-state index contributed by atoms with van der Waals surface area (Å²) in [6, 6.07) is 12.0. The quantitative estimate of drug-likeness (QED) is 0.559. The van der Waals surface area contributed by atoms with Crippen LogP contribution >= 0.6 is 0 Å². The van der Waals surface area contributed by atoms with Crippen LogP contribution in [0.25, 0.3) is 0 Å². The molecule has 8 nitrogen and oxygen atoms in total. The van der Waals surface area contributed by atoms with E-state index in [1.807, 2.05) is 18.2 Å². The number of benzene rings is 2. The molecule has 0 unspecified atom stereocenters. The third kappa shape index (κ3) is 4.70. The van der Waals surface area contributed by atoms with Crippen LogP contribution in [-0.4, -0.2) is 37.6 Å². The summed E-state index contributed by atoms with van der Waals surface area (Å²) >= 11 is 0. The second kappa shape index (κ2) is 9.07. The molecule has 1 aliphatic rings. The van der Waals surface area contributed by atoms with E-state index < -0.39 is 4.92 Å². The summed E-state index contributed by atoms with van der Waals surface area (Å²) in [7, 11) is 1.45. The highest BCUT2D eigenvalue weighted by Gasteiger charge is 2.16. The summed E-state index contributed by atoms with van der Waals surface area (Å²) < 4.78 is 5.18. The minimum atomic E-state index is -0.512. The predicted octanol–water partition coefficient (Wildman–Crippen LogP) is 3.64. The lowest BCUT2D eigenvalue weighted by Crippen LogP contribution is -2.30. The number of carbonyl (C=O) groups is 1. The van der Waals surface area contributed by atoms with Gasteiger partial charge in [0.15, 0.2) is 0 Å². The van der Waals surface area contributed by atoms with Crippen molar-refractivity contribution in [2.45, 2.75) is 19.3 Å². The summed E-state index contributed by atoms with van der Waals surface area (Å²) in [4.78, 5) is 25.2. The van der Waals surface area contributed by atoms with Gasteiger partial charge in [-0.25, -0.2) is 0 Å². The summed E-state index contributed by atoms with van der Waals surface area (Å²) in [6.07, 6.45) is 3.59. The van der Waals surface area contributed by atoms with E-state index in [-0.39, 0.29) is 23.8 Å². The van der Waals surface area contributed by atoms with E-state index in [4.69, 9.17) is 4.74 Å². The van der Waals surface area contributed by atoms with Gasteiger partial charge in [0.05, 0.1) is 35.6 Å². The second-order valence-corrected chi connectivity index (χ2v) is 6.61. The van der Waals surface area contributed by atoms with Gasteiger partial charge in [-0.2, -0.15) is 0 Å². The molecular weight excluding hydrogens is 360 g/mol. The van der Waals surface area contributed by atoms with Crippen LogP contribution in [0.2, 0.25) is 0 Å². The Bertz CT molecular complexity index is 850. The van der Waals surface area contributed by atoms with Crippen molar-refractivity contribution in [3.05, 3.63) is 52.6 Å². The number of anilines is 3. The normalized spacial score (nSPS) is 13.7. The number of ether oxygens (including phenoxy) is 1. The Kier molecular flexibility index (Phi) is 6.31. The molecule has 2 aromatic carbocycles. The molecule has 1 amide bonds. The molecular formula is C20H24N4O4. The lowest BCUT2D eigenvalue weighted by Gasteiger charge is -2.30. The van der Waals surface area contributed by atoms with Gasteiger partial charge in [0.2, 0.25) is 5.91 Å². The Balaban J connectivity index is 1.67. The first-order valence-corrected chi connectivity index (χ1v) is 9.28. The third-order valence-electron chi connectivity index (χ3n) is 4.71. The number of methoxy groups -OCH3 is 1. The van der Waals surface area contributed by atoms with Crippen molar-refractivity contribution >= 4 is 28.7 Å². The van der Waals surface area contributed by atoms with Crippen molar-refractivity contribution in [3.63, 3.8) is 0 Å². The molecule has 0 aliphatic carbocycles. The first-order valence-electron chi connectivity index (χ1n) is 9.28. The number of hydrogen-bond acceptors (Lipinski definition) is 6. The monoisotopic (exact) mass is 384 g/mol. The molecule has 0 saturated carbocycles. The van der Waals surface area contributed by atoms with Gasteiger partial charge in [-0.15, -0.1) is 0 Å². The number of piperidine rings is 1. The highest BCUT2D eigenvalue weighted by molar-refractivity contribution is 5.96. The summed E-state index contributed by atoms with van der Waals surface area (Å²) in [5.74, 6) is 0.0555. The Morgan fingerprint density at radius 2 is 1.89 bits per heavy atom. The van der Waals surface area contributed by atoms with E-state index in [0.29, 0.717) is 5.75 Å². The zero-order valence-corrected chi connectivity index (χ0v) is 15.8. The Labute approximate surface area is 163 Å². The van der Waals surface area contributed by atoms with Gasteiger partial charge in [0.1, 0.15) is 5.75 Å². The standard InChI is InChI=1S/C20H24N4O4/c1-28-19-10-9-15(24(26)27)13-17(19)22-20(25)14-21-16-7-3-4-8-18(16)23-11-5-2-6-12-23/h3-4,7-10,13,21H,2,5-6,11-12,14H2,1H3,(H,22,25).